The summed E-state index contributed by atoms with van der Waals surface area (Å²) in [6.45, 7) is 2.42. The Morgan fingerprint density at radius 1 is 1.50 bits per heavy atom. The average Bonchev–Trinajstić information content (AvgIpc) is 2.73. The Labute approximate surface area is 129 Å². The number of amides is 1. The third kappa shape index (κ3) is 2.99. The van der Waals surface area contributed by atoms with Gasteiger partial charge in [-0.3, -0.25) is 4.79 Å². The van der Waals surface area contributed by atoms with Gasteiger partial charge in [0.15, 0.2) is 0 Å². The van der Waals surface area contributed by atoms with E-state index in [1.807, 2.05) is 6.92 Å². The lowest BCUT2D eigenvalue weighted by molar-refractivity contribution is 0.0742. The molecule has 1 saturated heterocycles. The average molecular weight is 385 g/mol. The normalized spacial score (nSPS) is 19.4. The summed E-state index contributed by atoms with van der Waals surface area (Å²) in [4.78, 5) is 13.5. The molecule has 0 radical (unpaired) electrons. The standard InChI is InChI=1S/C12H12BrClFNO3S/c1-7-3-2-4-16(7)12(17)8-5-11(20(14,18)19)9(13)6-10(8)15/h5-7H,2-4H2,1H3. The van der Waals surface area contributed by atoms with Gasteiger partial charge in [0, 0.05) is 27.7 Å². The predicted octanol–water partition coefficient (Wildman–Crippen LogP) is 3.14. The summed E-state index contributed by atoms with van der Waals surface area (Å²) >= 11 is 2.93. The van der Waals surface area contributed by atoms with Gasteiger partial charge in [0.2, 0.25) is 0 Å². The summed E-state index contributed by atoms with van der Waals surface area (Å²) in [5.41, 5.74) is -0.277. The third-order valence-corrected chi connectivity index (χ3v) is 5.61. The van der Waals surface area contributed by atoms with E-state index in [2.05, 4.69) is 15.9 Å². The topological polar surface area (TPSA) is 54.5 Å². The van der Waals surface area contributed by atoms with Crippen LogP contribution in [0.2, 0.25) is 0 Å². The Kier molecular flexibility index (Phi) is 4.41. The summed E-state index contributed by atoms with van der Waals surface area (Å²) in [5.74, 6) is -1.29. The lowest BCUT2D eigenvalue weighted by Crippen LogP contribution is -2.34. The molecule has 1 aromatic rings. The summed E-state index contributed by atoms with van der Waals surface area (Å²) in [6.07, 6.45) is 1.70. The highest BCUT2D eigenvalue weighted by Crippen LogP contribution is 2.29. The molecule has 0 saturated carbocycles. The zero-order chi connectivity index (χ0) is 15.1. The van der Waals surface area contributed by atoms with Crippen LogP contribution < -0.4 is 0 Å². The number of likely N-dealkylation sites (tertiary alicyclic amines) is 1. The van der Waals surface area contributed by atoms with Crippen molar-refractivity contribution in [1.82, 2.24) is 4.90 Å². The van der Waals surface area contributed by atoms with Gasteiger partial charge in [0.05, 0.1) is 10.5 Å². The van der Waals surface area contributed by atoms with E-state index in [1.54, 1.807) is 0 Å². The molecule has 2 rings (SSSR count). The van der Waals surface area contributed by atoms with Crippen molar-refractivity contribution in [2.45, 2.75) is 30.7 Å². The molecule has 110 valence electrons. The highest BCUT2D eigenvalue weighted by molar-refractivity contribution is 9.10. The van der Waals surface area contributed by atoms with Gasteiger partial charge in [-0.2, -0.15) is 0 Å². The number of nitrogens with zero attached hydrogens (tertiary/aromatic N) is 1. The van der Waals surface area contributed by atoms with Gasteiger partial charge in [-0.15, -0.1) is 0 Å². The summed E-state index contributed by atoms with van der Waals surface area (Å²) < 4.78 is 36.8. The minimum atomic E-state index is -4.06. The number of benzene rings is 1. The van der Waals surface area contributed by atoms with Crippen LogP contribution in [0.4, 0.5) is 4.39 Å². The van der Waals surface area contributed by atoms with Crippen LogP contribution in [0.15, 0.2) is 21.5 Å². The monoisotopic (exact) mass is 383 g/mol. The first-order valence-corrected chi connectivity index (χ1v) is 9.06. The van der Waals surface area contributed by atoms with Crippen LogP contribution in [0.25, 0.3) is 0 Å². The predicted molar refractivity (Wildman–Crippen MR) is 76.9 cm³/mol. The van der Waals surface area contributed by atoms with E-state index < -0.39 is 20.8 Å². The molecule has 0 spiro atoms. The molecule has 0 bridgehead atoms. The summed E-state index contributed by atoms with van der Waals surface area (Å²) in [5, 5.41) is 0. The van der Waals surface area contributed by atoms with Crippen molar-refractivity contribution in [1.29, 1.82) is 0 Å². The highest BCUT2D eigenvalue weighted by atomic mass is 79.9. The van der Waals surface area contributed by atoms with E-state index in [4.69, 9.17) is 10.7 Å². The van der Waals surface area contributed by atoms with E-state index in [-0.39, 0.29) is 21.0 Å². The van der Waals surface area contributed by atoms with Crippen molar-refractivity contribution in [3.8, 4) is 0 Å². The number of carbonyl (C=O) groups excluding carboxylic acids is 1. The van der Waals surface area contributed by atoms with Crippen molar-refractivity contribution in [3.05, 3.63) is 28.0 Å². The third-order valence-electron chi connectivity index (χ3n) is 3.33. The molecule has 1 aliphatic heterocycles. The van der Waals surface area contributed by atoms with E-state index in [1.165, 1.54) is 4.90 Å². The summed E-state index contributed by atoms with van der Waals surface area (Å²) in [7, 11) is 1.22. The van der Waals surface area contributed by atoms with Crippen LogP contribution in [0.1, 0.15) is 30.1 Å². The zero-order valence-corrected chi connectivity index (χ0v) is 13.7. The van der Waals surface area contributed by atoms with E-state index in [0.717, 1.165) is 25.0 Å². The molecule has 1 amide bonds. The molecule has 1 aliphatic rings. The van der Waals surface area contributed by atoms with Crippen LogP contribution in [0.5, 0.6) is 0 Å². The largest absolute Gasteiger partial charge is 0.336 e. The van der Waals surface area contributed by atoms with Crippen molar-refractivity contribution in [3.63, 3.8) is 0 Å². The van der Waals surface area contributed by atoms with Gasteiger partial charge in [0.25, 0.3) is 15.0 Å². The second-order valence-corrected chi connectivity index (χ2v) is 8.08. The maximum Gasteiger partial charge on any atom is 0.262 e. The Morgan fingerprint density at radius 3 is 2.65 bits per heavy atom. The molecule has 1 unspecified atom stereocenters. The van der Waals surface area contributed by atoms with Crippen LogP contribution in [0, 0.1) is 5.82 Å². The minimum Gasteiger partial charge on any atom is -0.336 e. The minimum absolute atomic E-state index is 0.00368. The maximum absolute atomic E-state index is 13.9. The molecule has 1 heterocycles. The number of carbonyl (C=O) groups is 1. The molecule has 0 N–H and O–H groups in total. The van der Waals surface area contributed by atoms with Crippen LogP contribution in [-0.2, 0) is 9.05 Å². The van der Waals surface area contributed by atoms with E-state index >= 15 is 0 Å². The van der Waals surface area contributed by atoms with Crippen LogP contribution in [-0.4, -0.2) is 31.8 Å². The first-order valence-electron chi connectivity index (χ1n) is 5.96. The smallest absolute Gasteiger partial charge is 0.262 e. The fourth-order valence-electron chi connectivity index (χ4n) is 2.27. The van der Waals surface area contributed by atoms with Gasteiger partial charge in [-0.25, -0.2) is 12.8 Å². The lowest BCUT2D eigenvalue weighted by Gasteiger charge is -2.22. The fourth-order valence-corrected chi connectivity index (χ4v) is 4.44. The first kappa shape index (κ1) is 15.7. The SMILES string of the molecule is CC1CCCN1C(=O)c1cc(S(=O)(=O)Cl)c(Br)cc1F. The number of halogens is 3. The molecule has 0 aliphatic carbocycles. The van der Waals surface area contributed by atoms with Crippen molar-refractivity contribution in [2.75, 3.05) is 6.54 Å². The quantitative estimate of drug-likeness (QED) is 0.736. The van der Waals surface area contributed by atoms with Gasteiger partial charge in [0.1, 0.15) is 5.82 Å². The number of hydrogen-bond donors (Lipinski definition) is 0. The van der Waals surface area contributed by atoms with E-state index in [9.17, 15) is 17.6 Å². The molecular weight excluding hydrogens is 373 g/mol. The van der Waals surface area contributed by atoms with E-state index in [0.29, 0.717) is 6.54 Å². The van der Waals surface area contributed by atoms with Crippen molar-refractivity contribution < 1.29 is 17.6 Å². The van der Waals surface area contributed by atoms with Gasteiger partial charge in [-0.1, -0.05) is 0 Å². The van der Waals surface area contributed by atoms with Crippen LogP contribution in [0.3, 0.4) is 0 Å². The summed E-state index contributed by atoms with van der Waals surface area (Å²) in [6, 6.07) is 1.94. The molecule has 1 fully saturated rings. The Hall–Kier alpha value is -0.660. The second kappa shape index (κ2) is 5.61. The van der Waals surface area contributed by atoms with Gasteiger partial charge in [-0.05, 0) is 47.8 Å². The second-order valence-electron chi connectivity index (χ2n) is 4.69. The number of hydrogen-bond acceptors (Lipinski definition) is 3. The Bertz CT molecular complexity index is 665. The molecule has 20 heavy (non-hydrogen) atoms. The maximum atomic E-state index is 13.9. The van der Waals surface area contributed by atoms with Crippen LogP contribution >= 0.6 is 26.6 Å². The fraction of sp³-hybridized carbons (Fsp3) is 0.417. The van der Waals surface area contributed by atoms with Crippen molar-refractivity contribution in [2.24, 2.45) is 0 Å². The lowest BCUT2D eigenvalue weighted by atomic mass is 10.1. The number of rotatable bonds is 2. The van der Waals surface area contributed by atoms with Gasteiger partial charge >= 0.3 is 0 Å². The molecule has 0 aromatic heterocycles. The zero-order valence-electron chi connectivity index (χ0n) is 10.6. The Morgan fingerprint density at radius 2 is 2.15 bits per heavy atom. The highest BCUT2D eigenvalue weighted by Gasteiger charge is 2.29. The molecule has 4 nitrogen and oxygen atoms in total. The molecule has 1 atom stereocenters. The Balaban J connectivity index is 2.49. The van der Waals surface area contributed by atoms with Crippen molar-refractivity contribution >= 4 is 41.6 Å². The molecule has 1 aromatic carbocycles. The first-order chi connectivity index (χ1) is 9.21. The van der Waals surface area contributed by atoms with Gasteiger partial charge < -0.3 is 4.90 Å². The molecular formula is C12H12BrClFNO3S. The molecule has 8 heteroatoms.